The van der Waals surface area contributed by atoms with E-state index >= 15 is 0 Å². The van der Waals surface area contributed by atoms with Crippen molar-refractivity contribution in [2.45, 2.75) is 50.1 Å². The molecule has 228 valence electrons. The number of hydrogen-bond donors (Lipinski definition) is 3. The van der Waals surface area contributed by atoms with E-state index in [9.17, 15) is 40.7 Å². The van der Waals surface area contributed by atoms with Crippen LogP contribution in [0.1, 0.15) is 46.3 Å². The summed E-state index contributed by atoms with van der Waals surface area (Å²) in [4.78, 5) is 38.8. The highest BCUT2D eigenvalue weighted by molar-refractivity contribution is 6.42. The molecule has 1 fully saturated rings. The van der Waals surface area contributed by atoms with E-state index in [1.54, 1.807) is 6.07 Å². The van der Waals surface area contributed by atoms with Gasteiger partial charge in [0.25, 0.3) is 11.8 Å². The summed E-state index contributed by atoms with van der Waals surface area (Å²) in [7, 11) is 1.18. The van der Waals surface area contributed by atoms with Crippen molar-refractivity contribution in [1.82, 2.24) is 21.1 Å². The van der Waals surface area contributed by atoms with Gasteiger partial charge in [0.05, 0.1) is 27.2 Å². The lowest BCUT2D eigenvalue weighted by Gasteiger charge is -2.27. The number of amides is 3. The highest BCUT2D eigenvalue weighted by atomic mass is 35.5. The molecule has 2 aromatic carbocycles. The molecule has 7 nitrogen and oxygen atoms in total. The number of hydrogen-bond acceptors (Lipinski definition) is 4. The van der Waals surface area contributed by atoms with Gasteiger partial charge >= 0.3 is 12.4 Å². The van der Waals surface area contributed by atoms with E-state index in [-0.39, 0.29) is 28.4 Å². The van der Waals surface area contributed by atoms with E-state index < -0.39 is 52.9 Å². The largest absolute Gasteiger partial charge is 0.416 e. The molecular formula is C27H26Cl2F6N4O3. The number of hydrazine groups is 1. The third-order valence-electron chi connectivity index (χ3n) is 6.46. The van der Waals surface area contributed by atoms with Gasteiger partial charge in [-0.25, -0.2) is 5.43 Å². The highest BCUT2D eigenvalue weighted by Gasteiger charge is 2.38. The maximum atomic E-state index is 13.4. The summed E-state index contributed by atoms with van der Waals surface area (Å²) in [6.45, 7) is 0.512. The third kappa shape index (κ3) is 9.10. The molecule has 15 heteroatoms. The molecule has 1 unspecified atom stereocenters. The lowest BCUT2D eigenvalue weighted by Crippen LogP contribution is -2.50. The Kier molecular flexibility index (Phi) is 10.9. The van der Waals surface area contributed by atoms with Crippen molar-refractivity contribution in [3.63, 3.8) is 0 Å². The lowest BCUT2D eigenvalue weighted by atomic mass is 10.0. The van der Waals surface area contributed by atoms with E-state index in [0.29, 0.717) is 30.7 Å². The number of nitrogens with zero attached hydrogens (tertiary/aromatic N) is 1. The van der Waals surface area contributed by atoms with Crippen molar-refractivity contribution in [3.8, 4) is 0 Å². The summed E-state index contributed by atoms with van der Waals surface area (Å²) in [6, 6.07) is 3.39. The number of alkyl halides is 6. The number of rotatable bonds is 8. The molecule has 2 aromatic rings. The van der Waals surface area contributed by atoms with Crippen LogP contribution < -0.4 is 16.2 Å². The number of benzene rings is 2. The Morgan fingerprint density at radius 3 is 2.26 bits per heavy atom. The van der Waals surface area contributed by atoms with Crippen LogP contribution in [0.2, 0.25) is 10.0 Å². The molecule has 3 amide bonds. The van der Waals surface area contributed by atoms with Crippen LogP contribution in [-0.2, 0) is 28.4 Å². The van der Waals surface area contributed by atoms with Crippen LogP contribution in [0, 0.1) is 0 Å². The summed E-state index contributed by atoms with van der Waals surface area (Å²) < 4.78 is 80.3. The fraction of sp³-hybridized carbons (Fsp3) is 0.370. The van der Waals surface area contributed by atoms with Crippen molar-refractivity contribution in [1.29, 1.82) is 0 Å². The van der Waals surface area contributed by atoms with Gasteiger partial charge in [0.2, 0.25) is 5.91 Å². The first kappa shape index (κ1) is 33.2. The summed E-state index contributed by atoms with van der Waals surface area (Å²) in [6.07, 6.45) is -6.04. The van der Waals surface area contributed by atoms with Crippen molar-refractivity contribution in [2.75, 3.05) is 13.6 Å². The Morgan fingerprint density at radius 1 is 1.02 bits per heavy atom. The molecule has 3 rings (SSSR count). The molecule has 0 radical (unpaired) electrons. The van der Waals surface area contributed by atoms with E-state index in [0.717, 1.165) is 23.8 Å². The maximum Gasteiger partial charge on any atom is 0.416 e. The first-order chi connectivity index (χ1) is 19.6. The van der Waals surface area contributed by atoms with Gasteiger partial charge in [-0.15, -0.1) is 0 Å². The number of carbonyl (C=O) groups excluding carboxylic acids is 3. The van der Waals surface area contributed by atoms with Crippen LogP contribution in [0.3, 0.4) is 0 Å². The van der Waals surface area contributed by atoms with Gasteiger partial charge < -0.3 is 10.2 Å². The van der Waals surface area contributed by atoms with Gasteiger partial charge in [0, 0.05) is 25.2 Å². The zero-order chi connectivity index (χ0) is 31.2. The molecule has 1 saturated heterocycles. The fourth-order valence-electron chi connectivity index (χ4n) is 4.15. The summed E-state index contributed by atoms with van der Waals surface area (Å²) in [5.74, 6) is -2.17. The average Bonchev–Trinajstić information content (AvgIpc) is 3.13. The zero-order valence-corrected chi connectivity index (χ0v) is 23.5. The first-order valence-corrected chi connectivity index (χ1v) is 13.3. The van der Waals surface area contributed by atoms with Crippen molar-refractivity contribution in [3.05, 3.63) is 80.8 Å². The van der Waals surface area contributed by atoms with Crippen molar-refractivity contribution in [2.24, 2.45) is 0 Å². The van der Waals surface area contributed by atoms with Gasteiger partial charge in [-0.3, -0.25) is 19.8 Å². The maximum absolute atomic E-state index is 13.4. The van der Waals surface area contributed by atoms with Gasteiger partial charge in [-0.2, -0.15) is 26.3 Å². The van der Waals surface area contributed by atoms with E-state index in [4.69, 9.17) is 23.2 Å². The lowest BCUT2D eigenvalue weighted by molar-refractivity contribution is -0.143. The quantitative estimate of drug-likeness (QED) is 0.201. The fourth-order valence-corrected chi connectivity index (χ4v) is 4.47. The van der Waals surface area contributed by atoms with Gasteiger partial charge in [0.15, 0.2) is 0 Å². The molecule has 0 aliphatic carbocycles. The smallest absolute Gasteiger partial charge is 0.355 e. The SMILES string of the molecule is CN(C(=O)c1cc(C(F)(F)F)cc(C(F)(F)F)c1)[C@@H](/C=C/C(=O)NNC1CCCCNC1=O)Cc1ccc(Cl)c(Cl)c1. The summed E-state index contributed by atoms with van der Waals surface area (Å²) in [5.41, 5.74) is 1.37. The van der Waals surface area contributed by atoms with Crippen molar-refractivity contribution < 1.29 is 40.7 Å². The first-order valence-electron chi connectivity index (χ1n) is 12.6. The Morgan fingerprint density at radius 2 is 1.67 bits per heavy atom. The van der Waals surface area contributed by atoms with Crippen LogP contribution in [0.15, 0.2) is 48.6 Å². The Hall–Kier alpha value is -3.29. The minimum absolute atomic E-state index is 0.0353. The van der Waals surface area contributed by atoms with E-state index in [1.807, 2.05) is 0 Å². The molecule has 0 saturated carbocycles. The predicted molar refractivity (Wildman–Crippen MR) is 144 cm³/mol. The van der Waals surface area contributed by atoms with Crippen molar-refractivity contribution >= 4 is 40.9 Å². The van der Waals surface area contributed by atoms with Crippen LogP contribution in [-0.4, -0.2) is 48.3 Å². The Balaban J connectivity index is 1.89. The summed E-state index contributed by atoms with van der Waals surface area (Å²) >= 11 is 12.0. The molecule has 0 bridgehead atoms. The molecule has 1 heterocycles. The number of nitrogens with one attached hydrogen (secondary N) is 3. The van der Waals surface area contributed by atoms with Crippen LogP contribution in [0.5, 0.6) is 0 Å². The minimum Gasteiger partial charge on any atom is -0.355 e. The standard InChI is InChI=1S/C27H26Cl2F6N4O3/c1-39(25(42)16-12-17(26(30,31)32)14-18(13-16)27(33,34)35)19(10-15-5-7-20(28)21(29)11-15)6-8-23(40)38-37-22-4-2-3-9-36-24(22)41/h5-8,11-14,19,22,37H,2-4,9-10H2,1H3,(H,36,41)(H,38,40)/b8-6+/t19-,22?/m0/s1. The topological polar surface area (TPSA) is 90.5 Å². The molecule has 0 aromatic heterocycles. The average molecular weight is 639 g/mol. The van der Waals surface area contributed by atoms with Crippen LogP contribution >= 0.6 is 23.2 Å². The second kappa shape index (κ2) is 13.8. The molecule has 1 aliphatic heterocycles. The number of carbonyl (C=O) groups is 3. The molecule has 42 heavy (non-hydrogen) atoms. The molecule has 2 atom stereocenters. The normalized spacial score (nSPS) is 17.0. The minimum atomic E-state index is -5.15. The Labute approximate surface area is 247 Å². The predicted octanol–water partition coefficient (Wildman–Crippen LogP) is 5.56. The van der Waals surface area contributed by atoms with Gasteiger partial charge in [-0.1, -0.05) is 35.3 Å². The van der Waals surface area contributed by atoms with E-state index in [1.165, 1.54) is 25.3 Å². The van der Waals surface area contributed by atoms with Crippen LogP contribution in [0.25, 0.3) is 0 Å². The Bertz CT molecular complexity index is 1320. The third-order valence-corrected chi connectivity index (χ3v) is 7.19. The monoisotopic (exact) mass is 638 g/mol. The zero-order valence-electron chi connectivity index (χ0n) is 22.0. The van der Waals surface area contributed by atoms with Gasteiger partial charge in [-0.05, 0) is 61.6 Å². The second-order valence-corrected chi connectivity index (χ2v) is 10.4. The molecule has 3 N–H and O–H groups in total. The second-order valence-electron chi connectivity index (χ2n) is 9.56. The van der Waals surface area contributed by atoms with Crippen LogP contribution in [0.4, 0.5) is 26.3 Å². The number of halogens is 8. The summed E-state index contributed by atoms with van der Waals surface area (Å²) in [5, 5.41) is 3.10. The van der Waals surface area contributed by atoms with E-state index in [2.05, 4.69) is 16.2 Å². The van der Waals surface area contributed by atoms with Gasteiger partial charge in [0.1, 0.15) is 6.04 Å². The highest BCUT2D eigenvalue weighted by Crippen LogP contribution is 2.36. The molecular weight excluding hydrogens is 613 g/mol. The molecule has 1 aliphatic rings. The number of likely N-dealkylation sites (N-methyl/N-ethyl adjacent to an activating group) is 1. The molecule has 0 spiro atoms.